The van der Waals surface area contributed by atoms with E-state index in [9.17, 15) is 20.3 Å². The zero-order chi connectivity index (χ0) is 49.1. The summed E-state index contributed by atoms with van der Waals surface area (Å²) in [5.41, 5.74) is 2.13. The number of nitrogens with zero attached hydrogens (tertiary/aromatic N) is 2. The molecule has 0 heterocycles. The van der Waals surface area contributed by atoms with E-state index in [0.29, 0.717) is 24.3 Å². The van der Waals surface area contributed by atoms with Gasteiger partial charge in [0.2, 0.25) is 0 Å². The first-order valence-electron chi connectivity index (χ1n) is 24.7. The minimum Gasteiger partial charge on any atom is -0.506 e. The summed E-state index contributed by atoms with van der Waals surface area (Å²) in [6.07, 6.45) is 15.4. The second kappa shape index (κ2) is 23.5. The molecule has 1 atom stereocenters. The quantitative estimate of drug-likeness (QED) is 0.0423. The van der Waals surface area contributed by atoms with Crippen molar-refractivity contribution in [3.05, 3.63) is 89.9 Å². The fourth-order valence-corrected chi connectivity index (χ4v) is 9.05. The minimum absolute atomic E-state index is 0.167. The Morgan fingerprint density at radius 1 is 0.631 bits per heavy atom. The van der Waals surface area contributed by atoms with Gasteiger partial charge in [-0.15, -0.1) is 0 Å². The topological polar surface area (TPSA) is 114 Å². The summed E-state index contributed by atoms with van der Waals surface area (Å²) in [7, 11) is 0. The first kappa shape index (κ1) is 55.9. The van der Waals surface area contributed by atoms with Gasteiger partial charge in [0.15, 0.2) is 0 Å². The maximum absolute atomic E-state index is 14.3. The van der Waals surface area contributed by atoms with Crippen LogP contribution in [-0.2, 0) is 27.3 Å². The molecule has 364 valence electrons. The molecule has 0 aliphatic heterocycles. The number of hydrogen-bond donors (Lipinski definition) is 2. The zero-order valence-electron chi connectivity index (χ0n) is 43.4. The number of aromatic hydroxyl groups is 1. The van der Waals surface area contributed by atoms with Gasteiger partial charge in [0.1, 0.15) is 22.8 Å². The van der Waals surface area contributed by atoms with Crippen molar-refractivity contribution >= 4 is 27.8 Å². The molecule has 0 saturated heterocycles. The average molecular weight is 964 g/mol. The number of non-ortho nitro benzene ring substituents is 1. The number of aliphatic imine (C=N–C) groups is 1. The molecule has 8 nitrogen and oxygen atoms in total. The summed E-state index contributed by atoms with van der Waals surface area (Å²) >= 11 is 3.32. The smallest absolute Gasteiger partial charge is 0.271 e. The van der Waals surface area contributed by atoms with E-state index in [4.69, 9.17) is 14.5 Å². The molecule has 0 radical (unpaired) electrons. The highest BCUT2D eigenvalue weighted by molar-refractivity contribution is 9.10. The molecule has 3 aromatic carbocycles. The van der Waals surface area contributed by atoms with Crippen LogP contribution in [0.5, 0.6) is 17.2 Å². The Labute approximate surface area is 403 Å². The van der Waals surface area contributed by atoms with Crippen LogP contribution < -0.4 is 9.47 Å². The highest BCUT2D eigenvalue weighted by atomic mass is 79.9. The molecule has 0 fully saturated rings. The Hall–Kier alpha value is -3.43. The third-order valence-electron chi connectivity index (χ3n) is 12.5. The van der Waals surface area contributed by atoms with Crippen molar-refractivity contribution in [2.45, 2.75) is 221 Å². The standard InChI is InChI=1S/C56H87BrN2O6/c1-17-19-21-23-25-27-29-64-49-43(52(5,6)7)32-40(33-44(49)53(8,9)10)56(61,51(38(3)4)58-37-39-31-42(59(62)63)36-47(57)48(39)60)41-34-45(54(11,12)13)50(46(35-41)55(14,15)16)65-30-28-26-24-22-20-18-2/h31-38,51,60-61H,17-30H2,1-16H3. The van der Waals surface area contributed by atoms with Crippen molar-refractivity contribution < 1.29 is 24.6 Å². The van der Waals surface area contributed by atoms with E-state index < -0.39 is 16.6 Å². The van der Waals surface area contributed by atoms with E-state index in [0.717, 1.165) is 59.4 Å². The lowest BCUT2D eigenvalue weighted by Crippen LogP contribution is -2.44. The maximum Gasteiger partial charge on any atom is 0.271 e. The number of nitro benzene ring substituents is 1. The van der Waals surface area contributed by atoms with Crippen LogP contribution in [-0.4, -0.2) is 40.6 Å². The van der Waals surface area contributed by atoms with Crippen LogP contribution in [0.15, 0.2) is 45.9 Å². The van der Waals surface area contributed by atoms with Crippen LogP contribution in [0.1, 0.15) is 227 Å². The number of phenols is 1. The van der Waals surface area contributed by atoms with Crippen molar-refractivity contribution in [1.29, 1.82) is 0 Å². The molecule has 0 spiro atoms. The number of nitro groups is 1. The third kappa shape index (κ3) is 15.0. The SMILES string of the molecule is CCCCCCCCOc1c(C(C)(C)C)cc(C(O)(c2cc(C(C)(C)C)c(OCCCCCCCC)c(C(C)(C)C)c2)C(N=Cc2cc([N+](=O)[O-])cc(Br)c2O)C(C)C)cc1C(C)(C)C. The molecule has 2 N–H and O–H groups in total. The first-order chi connectivity index (χ1) is 30.1. The molecule has 3 rings (SSSR count). The summed E-state index contributed by atoms with van der Waals surface area (Å²) < 4.78 is 13.9. The van der Waals surface area contributed by atoms with Crippen molar-refractivity contribution in [2.24, 2.45) is 10.9 Å². The Morgan fingerprint density at radius 2 is 0.985 bits per heavy atom. The largest absolute Gasteiger partial charge is 0.506 e. The number of phenolic OH excluding ortho intramolecular Hbond substituents is 1. The van der Waals surface area contributed by atoms with Gasteiger partial charge < -0.3 is 19.7 Å². The maximum atomic E-state index is 14.3. The third-order valence-corrected chi connectivity index (χ3v) is 13.1. The Kier molecular flexibility index (Phi) is 20.2. The van der Waals surface area contributed by atoms with E-state index in [1.54, 1.807) is 0 Å². The fraction of sp³-hybridized carbons (Fsp3) is 0.661. The molecule has 0 bridgehead atoms. The van der Waals surface area contributed by atoms with Gasteiger partial charge in [-0.25, -0.2) is 0 Å². The van der Waals surface area contributed by atoms with Gasteiger partial charge in [-0.1, -0.05) is 175 Å². The van der Waals surface area contributed by atoms with Gasteiger partial charge in [0.05, 0.1) is 28.7 Å². The van der Waals surface area contributed by atoms with E-state index in [1.165, 1.54) is 69.7 Å². The molecule has 1 unspecified atom stereocenters. The van der Waals surface area contributed by atoms with Crippen molar-refractivity contribution in [1.82, 2.24) is 0 Å². The molecule has 0 amide bonds. The minimum atomic E-state index is -1.76. The normalized spacial score (nSPS) is 13.5. The van der Waals surface area contributed by atoms with Gasteiger partial charge in [-0.05, 0) is 91.7 Å². The van der Waals surface area contributed by atoms with Crippen LogP contribution in [0, 0.1) is 16.0 Å². The monoisotopic (exact) mass is 963 g/mol. The Morgan fingerprint density at radius 3 is 1.31 bits per heavy atom. The highest BCUT2D eigenvalue weighted by Crippen LogP contribution is 2.50. The van der Waals surface area contributed by atoms with Crippen LogP contribution in [0.25, 0.3) is 0 Å². The number of halogens is 1. The summed E-state index contributed by atoms with van der Waals surface area (Å²) in [5.74, 6) is 1.31. The lowest BCUT2D eigenvalue weighted by molar-refractivity contribution is -0.385. The number of hydrogen-bond acceptors (Lipinski definition) is 7. The average Bonchev–Trinajstić information content (AvgIpc) is 3.19. The molecule has 9 heteroatoms. The van der Waals surface area contributed by atoms with Crippen LogP contribution in [0.2, 0.25) is 0 Å². The van der Waals surface area contributed by atoms with E-state index in [1.807, 2.05) is 13.8 Å². The molecule has 65 heavy (non-hydrogen) atoms. The molecular weight excluding hydrogens is 877 g/mol. The van der Waals surface area contributed by atoms with Crippen molar-refractivity contribution in [3.63, 3.8) is 0 Å². The molecule has 0 aliphatic carbocycles. The zero-order valence-corrected chi connectivity index (χ0v) is 45.0. The second-order valence-corrected chi connectivity index (χ2v) is 23.7. The predicted molar refractivity (Wildman–Crippen MR) is 277 cm³/mol. The number of ether oxygens (including phenoxy) is 2. The molecule has 3 aromatic rings. The van der Waals surface area contributed by atoms with Gasteiger partial charge in [0.25, 0.3) is 5.69 Å². The highest BCUT2D eigenvalue weighted by Gasteiger charge is 2.46. The number of rotatable bonds is 23. The van der Waals surface area contributed by atoms with Crippen molar-refractivity contribution in [3.8, 4) is 17.2 Å². The molecule has 0 saturated carbocycles. The summed E-state index contributed by atoms with van der Waals surface area (Å²) in [6.45, 7) is 36.1. The molecular formula is C56H87BrN2O6. The van der Waals surface area contributed by atoms with Crippen LogP contribution in [0.4, 0.5) is 5.69 Å². The summed E-state index contributed by atoms with van der Waals surface area (Å²) in [6, 6.07) is 10.3. The fourth-order valence-electron chi connectivity index (χ4n) is 8.59. The number of benzene rings is 3. The van der Waals surface area contributed by atoms with Crippen LogP contribution >= 0.6 is 15.9 Å². The number of aliphatic hydroxyl groups is 1. The predicted octanol–water partition coefficient (Wildman–Crippen LogP) is 16.1. The van der Waals surface area contributed by atoms with Gasteiger partial charge in [-0.2, -0.15) is 0 Å². The second-order valence-electron chi connectivity index (χ2n) is 22.9. The first-order valence-corrected chi connectivity index (χ1v) is 25.5. The van der Waals surface area contributed by atoms with E-state index in [2.05, 4.69) is 137 Å². The lowest BCUT2D eigenvalue weighted by Gasteiger charge is -2.41. The Balaban J connectivity index is 2.53. The Bertz CT molecular complexity index is 1880. The van der Waals surface area contributed by atoms with E-state index in [-0.39, 0.29) is 49.1 Å². The molecule has 0 aliphatic rings. The van der Waals surface area contributed by atoms with E-state index >= 15 is 0 Å². The van der Waals surface area contributed by atoms with Gasteiger partial charge in [-0.3, -0.25) is 15.1 Å². The summed E-state index contributed by atoms with van der Waals surface area (Å²) in [5, 5.41) is 37.5. The lowest BCUT2D eigenvalue weighted by atomic mass is 9.69. The van der Waals surface area contributed by atoms with Crippen LogP contribution in [0.3, 0.4) is 0 Å². The summed E-state index contributed by atoms with van der Waals surface area (Å²) in [4.78, 5) is 16.7. The molecule has 0 aromatic heterocycles. The number of unbranched alkanes of at least 4 members (excludes halogenated alkanes) is 10. The van der Waals surface area contributed by atoms with Gasteiger partial charge >= 0.3 is 0 Å². The van der Waals surface area contributed by atoms with Gasteiger partial charge in [0, 0.05) is 46.2 Å². The van der Waals surface area contributed by atoms with Crippen molar-refractivity contribution in [2.75, 3.05) is 13.2 Å².